The van der Waals surface area contributed by atoms with Crippen molar-refractivity contribution >= 4 is 0 Å². The van der Waals surface area contributed by atoms with Gasteiger partial charge in [0.05, 0.1) is 23.4 Å². The van der Waals surface area contributed by atoms with Crippen molar-refractivity contribution in [2.45, 2.75) is 109 Å². The molecule has 0 aromatic heterocycles. The van der Waals surface area contributed by atoms with Crippen LogP contribution in [0.25, 0.3) is 0 Å². The van der Waals surface area contributed by atoms with Crippen LogP contribution < -0.4 is 0 Å². The quantitative estimate of drug-likeness (QED) is 0.521. The van der Waals surface area contributed by atoms with Crippen molar-refractivity contribution in [2.24, 2.45) is 40.4 Å². The Balaban J connectivity index is 1.57. The van der Waals surface area contributed by atoms with E-state index in [1.807, 2.05) is 19.1 Å². The standard InChI is InChI=1S/C28H44O4/c1-16(2)17(3)24(30)20-15-26-12-13-28(32)23(22(26)7-6-21(26)18(20)4)9-11-27(31)14-19(29)8-10-25(27,28)5/h9,11,16-21,24,29-32H,6-8,10,12-15H2,1-5H3. The van der Waals surface area contributed by atoms with Crippen molar-refractivity contribution in [3.05, 3.63) is 23.3 Å². The van der Waals surface area contributed by atoms with Crippen molar-refractivity contribution < 1.29 is 20.4 Å². The molecule has 0 bridgehead atoms. The first-order valence-electron chi connectivity index (χ1n) is 13.1. The number of allylic oxidation sites excluding steroid dienone is 1. The number of hydrogen-bond donors (Lipinski definition) is 4. The molecular weight excluding hydrogens is 400 g/mol. The summed E-state index contributed by atoms with van der Waals surface area (Å²) in [5.41, 5.74) is -0.314. The van der Waals surface area contributed by atoms with Gasteiger partial charge in [-0.1, -0.05) is 52.3 Å². The fourth-order valence-electron chi connectivity index (χ4n) is 9.05. The third kappa shape index (κ3) is 2.70. The highest BCUT2D eigenvalue weighted by atomic mass is 16.3. The van der Waals surface area contributed by atoms with Gasteiger partial charge in [-0.15, -0.1) is 0 Å². The van der Waals surface area contributed by atoms with Crippen molar-refractivity contribution in [3.8, 4) is 0 Å². The monoisotopic (exact) mass is 444 g/mol. The Kier molecular flexibility index (Phi) is 5.17. The lowest BCUT2D eigenvalue weighted by Crippen LogP contribution is -2.66. The molecule has 4 nitrogen and oxygen atoms in total. The third-order valence-electron chi connectivity index (χ3n) is 11.6. The molecule has 0 aromatic rings. The van der Waals surface area contributed by atoms with E-state index >= 15 is 0 Å². The number of aliphatic hydroxyl groups is 4. The maximum Gasteiger partial charge on any atom is 0.0980 e. The van der Waals surface area contributed by atoms with Gasteiger partial charge in [-0.2, -0.15) is 0 Å². The molecule has 5 aliphatic rings. The Morgan fingerprint density at radius 3 is 2.44 bits per heavy atom. The van der Waals surface area contributed by atoms with Gasteiger partial charge in [0.15, 0.2) is 0 Å². The fraction of sp³-hybridized carbons (Fsp3) is 0.857. The average molecular weight is 445 g/mol. The molecule has 0 aliphatic heterocycles. The van der Waals surface area contributed by atoms with E-state index in [2.05, 4.69) is 27.7 Å². The van der Waals surface area contributed by atoms with Gasteiger partial charge >= 0.3 is 0 Å². The molecule has 10 unspecified atom stereocenters. The van der Waals surface area contributed by atoms with Gasteiger partial charge in [0.1, 0.15) is 0 Å². The molecule has 5 rings (SSSR count). The minimum absolute atomic E-state index is 0.0909. The molecule has 180 valence electrons. The van der Waals surface area contributed by atoms with E-state index < -0.39 is 22.7 Å². The molecule has 4 heteroatoms. The Morgan fingerprint density at radius 2 is 1.75 bits per heavy atom. The molecule has 4 N–H and O–H groups in total. The van der Waals surface area contributed by atoms with Crippen LogP contribution in [0.4, 0.5) is 0 Å². The first kappa shape index (κ1) is 23.1. The zero-order valence-electron chi connectivity index (χ0n) is 20.6. The van der Waals surface area contributed by atoms with Gasteiger partial charge in [-0.05, 0) is 85.5 Å². The summed E-state index contributed by atoms with van der Waals surface area (Å²) < 4.78 is 0. The molecule has 3 saturated carbocycles. The molecule has 0 heterocycles. The second kappa shape index (κ2) is 7.16. The highest BCUT2D eigenvalue weighted by Crippen LogP contribution is 2.71. The molecule has 3 fully saturated rings. The minimum atomic E-state index is -1.17. The maximum absolute atomic E-state index is 12.3. The lowest BCUT2D eigenvalue weighted by Gasteiger charge is -2.62. The number of aliphatic hydroxyl groups excluding tert-OH is 2. The van der Waals surface area contributed by atoms with Crippen LogP contribution in [0, 0.1) is 40.4 Å². The molecule has 0 amide bonds. The normalized spacial score (nSPS) is 51.8. The first-order valence-corrected chi connectivity index (χ1v) is 13.1. The smallest absolute Gasteiger partial charge is 0.0980 e. The molecule has 0 aromatic carbocycles. The van der Waals surface area contributed by atoms with Crippen molar-refractivity contribution in [1.29, 1.82) is 0 Å². The van der Waals surface area contributed by atoms with Crippen LogP contribution >= 0.6 is 0 Å². The summed E-state index contributed by atoms with van der Waals surface area (Å²) in [6.45, 7) is 11.0. The molecule has 10 atom stereocenters. The number of hydrogen-bond acceptors (Lipinski definition) is 4. The predicted octanol–water partition coefficient (Wildman–Crippen LogP) is 4.37. The Labute approximate surface area is 193 Å². The van der Waals surface area contributed by atoms with Gasteiger partial charge in [0.2, 0.25) is 0 Å². The van der Waals surface area contributed by atoms with Gasteiger partial charge in [0.25, 0.3) is 0 Å². The fourth-order valence-corrected chi connectivity index (χ4v) is 9.05. The van der Waals surface area contributed by atoms with Gasteiger partial charge in [0, 0.05) is 11.8 Å². The summed E-state index contributed by atoms with van der Waals surface area (Å²) in [4.78, 5) is 0. The predicted molar refractivity (Wildman–Crippen MR) is 126 cm³/mol. The second-order valence-corrected chi connectivity index (χ2v) is 12.9. The first-order chi connectivity index (χ1) is 14.9. The van der Waals surface area contributed by atoms with Crippen LogP contribution in [0.15, 0.2) is 23.3 Å². The Morgan fingerprint density at radius 1 is 1.03 bits per heavy atom. The van der Waals surface area contributed by atoms with Crippen LogP contribution in [0.1, 0.15) is 86.0 Å². The van der Waals surface area contributed by atoms with Gasteiger partial charge in [-0.25, -0.2) is 0 Å². The Hall–Kier alpha value is -0.680. The SMILES string of the molecule is CC(C)C(C)C(O)C1CC23CCC4(O)C(=C2CCC3C1C)C=CC1(O)CC(O)CCC14C. The van der Waals surface area contributed by atoms with Gasteiger partial charge < -0.3 is 20.4 Å². The third-order valence-corrected chi connectivity index (χ3v) is 11.6. The van der Waals surface area contributed by atoms with E-state index in [1.165, 1.54) is 5.57 Å². The zero-order valence-corrected chi connectivity index (χ0v) is 20.6. The summed E-state index contributed by atoms with van der Waals surface area (Å²) in [5.74, 6) is 2.12. The van der Waals surface area contributed by atoms with Crippen molar-refractivity contribution in [1.82, 2.24) is 0 Å². The summed E-state index contributed by atoms with van der Waals surface area (Å²) in [6.07, 6.45) is 9.48. The largest absolute Gasteiger partial charge is 0.393 e. The molecule has 5 aliphatic carbocycles. The molecular formula is C28H44O4. The summed E-state index contributed by atoms with van der Waals surface area (Å²) in [7, 11) is 0. The maximum atomic E-state index is 12.3. The van der Waals surface area contributed by atoms with Crippen LogP contribution in [0.5, 0.6) is 0 Å². The second-order valence-electron chi connectivity index (χ2n) is 12.9. The van der Waals surface area contributed by atoms with Crippen LogP contribution in [-0.4, -0.2) is 43.8 Å². The molecule has 32 heavy (non-hydrogen) atoms. The Bertz CT molecular complexity index is 846. The van der Waals surface area contributed by atoms with Gasteiger partial charge in [-0.3, -0.25) is 0 Å². The summed E-state index contributed by atoms with van der Waals surface area (Å²) >= 11 is 0. The summed E-state index contributed by atoms with van der Waals surface area (Å²) in [5, 5.41) is 45.4. The molecule has 0 radical (unpaired) electrons. The highest BCUT2D eigenvalue weighted by molar-refractivity contribution is 5.50. The zero-order chi connectivity index (χ0) is 23.3. The topological polar surface area (TPSA) is 80.9 Å². The highest BCUT2D eigenvalue weighted by Gasteiger charge is 2.68. The lowest BCUT2D eigenvalue weighted by molar-refractivity contribution is -0.198. The number of fused-ring (bicyclic) bond motifs is 3. The number of rotatable bonds is 3. The average Bonchev–Trinajstić information content (AvgIpc) is 3.23. The van der Waals surface area contributed by atoms with E-state index in [0.29, 0.717) is 49.4 Å². The van der Waals surface area contributed by atoms with E-state index in [1.54, 1.807) is 0 Å². The van der Waals surface area contributed by atoms with Crippen LogP contribution in [0.2, 0.25) is 0 Å². The van der Waals surface area contributed by atoms with Crippen molar-refractivity contribution in [3.63, 3.8) is 0 Å². The minimum Gasteiger partial charge on any atom is -0.393 e. The molecule has 0 saturated heterocycles. The van der Waals surface area contributed by atoms with E-state index in [4.69, 9.17) is 0 Å². The lowest BCUT2D eigenvalue weighted by atomic mass is 9.47. The van der Waals surface area contributed by atoms with Crippen molar-refractivity contribution in [2.75, 3.05) is 0 Å². The summed E-state index contributed by atoms with van der Waals surface area (Å²) in [6, 6.07) is 0. The van der Waals surface area contributed by atoms with E-state index in [-0.39, 0.29) is 17.4 Å². The van der Waals surface area contributed by atoms with E-state index in [9.17, 15) is 20.4 Å². The van der Waals surface area contributed by atoms with E-state index in [0.717, 1.165) is 31.3 Å². The molecule has 1 spiro atoms. The van der Waals surface area contributed by atoms with Crippen LogP contribution in [0.3, 0.4) is 0 Å². The van der Waals surface area contributed by atoms with Crippen LogP contribution in [-0.2, 0) is 0 Å².